The van der Waals surface area contributed by atoms with Gasteiger partial charge >= 0.3 is 0 Å². The van der Waals surface area contributed by atoms with Crippen LogP contribution in [-0.4, -0.2) is 59.0 Å². The molecule has 3 N–H and O–H groups in total. The van der Waals surface area contributed by atoms with Gasteiger partial charge in [0.15, 0.2) is 0 Å². The molecule has 0 spiro atoms. The van der Waals surface area contributed by atoms with E-state index in [9.17, 15) is 15.3 Å². The van der Waals surface area contributed by atoms with Crippen molar-refractivity contribution in [2.24, 2.45) is 5.11 Å². The van der Waals surface area contributed by atoms with Crippen molar-refractivity contribution >= 4 is 0 Å². The van der Waals surface area contributed by atoms with Crippen LogP contribution in [0.1, 0.15) is 5.56 Å². The molecule has 5 atom stereocenters. The standard InChI is InChI=1S/C14H19N3O5/c15-17-16-10-11(18)13(20)14(12(10)19)22-7-6-21-8-9-4-2-1-3-5-9/h1-5,10-14,18-20H,6-8H2/t10-,11-,12+,13?,14-/m0/s1. The number of ether oxygens (including phenoxy) is 2. The Labute approximate surface area is 127 Å². The van der Waals surface area contributed by atoms with Crippen molar-refractivity contribution in [3.05, 3.63) is 46.3 Å². The molecule has 1 saturated carbocycles. The van der Waals surface area contributed by atoms with Gasteiger partial charge in [0.1, 0.15) is 12.2 Å². The van der Waals surface area contributed by atoms with Crippen LogP contribution >= 0.6 is 0 Å². The topological polar surface area (TPSA) is 128 Å². The Kier molecular flexibility index (Phi) is 6.14. The second-order valence-electron chi connectivity index (χ2n) is 5.04. The Morgan fingerprint density at radius 2 is 1.77 bits per heavy atom. The van der Waals surface area contributed by atoms with Gasteiger partial charge in [-0.3, -0.25) is 0 Å². The maximum Gasteiger partial charge on any atom is 0.112 e. The first-order chi connectivity index (χ1) is 10.6. The summed E-state index contributed by atoms with van der Waals surface area (Å²) in [7, 11) is 0. The summed E-state index contributed by atoms with van der Waals surface area (Å²) >= 11 is 0. The highest BCUT2D eigenvalue weighted by Crippen LogP contribution is 2.26. The van der Waals surface area contributed by atoms with E-state index in [-0.39, 0.29) is 13.2 Å². The number of nitrogens with zero attached hydrogens (tertiary/aromatic N) is 3. The summed E-state index contributed by atoms with van der Waals surface area (Å²) in [6.45, 7) is 0.846. The van der Waals surface area contributed by atoms with Crippen LogP contribution in [0.25, 0.3) is 10.4 Å². The monoisotopic (exact) mass is 309 g/mol. The molecule has 1 aliphatic carbocycles. The van der Waals surface area contributed by atoms with Crippen LogP contribution in [0.2, 0.25) is 0 Å². The van der Waals surface area contributed by atoms with Gasteiger partial charge in [-0.05, 0) is 11.1 Å². The molecular weight excluding hydrogens is 290 g/mol. The van der Waals surface area contributed by atoms with E-state index in [0.717, 1.165) is 5.56 Å². The number of hydrogen-bond acceptors (Lipinski definition) is 6. The zero-order valence-electron chi connectivity index (χ0n) is 11.9. The lowest BCUT2D eigenvalue weighted by Gasteiger charge is -2.19. The van der Waals surface area contributed by atoms with Crippen molar-refractivity contribution in [3.63, 3.8) is 0 Å². The minimum absolute atomic E-state index is 0.140. The van der Waals surface area contributed by atoms with Gasteiger partial charge in [0.05, 0.1) is 38.1 Å². The minimum Gasteiger partial charge on any atom is -0.390 e. The van der Waals surface area contributed by atoms with E-state index >= 15 is 0 Å². The highest BCUT2D eigenvalue weighted by Gasteiger charge is 2.49. The number of benzene rings is 1. The molecule has 0 bridgehead atoms. The van der Waals surface area contributed by atoms with E-state index in [1.54, 1.807) is 0 Å². The third-order valence-electron chi connectivity index (χ3n) is 3.56. The molecule has 0 aliphatic heterocycles. The fraction of sp³-hybridized carbons (Fsp3) is 0.571. The lowest BCUT2D eigenvalue weighted by Crippen LogP contribution is -2.36. The van der Waals surface area contributed by atoms with Gasteiger partial charge in [0.2, 0.25) is 0 Å². The first kappa shape index (κ1) is 16.7. The molecule has 8 nitrogen and oxygen atoms in total. The predicted molar refractivity (Wildman–Crippen MR) is 76.8 cm³/mol. The van der Waals surface area contributed by atoms with Gasteiger partial charge in [-0.25, -0.2) is 0 Å². The van der Waals surface area contributed by atoms with Crippen molar-refractivity contribution in [3.8, 4) is 0 Å². The molecule has 0 amide bonds. The zero-order chi connectivity index (χ0) is 15.9. The number of azide groups is 1. The van der Waals surface area contributed by atoms with Crippen molar-refractivity contribution in [2.75, 3.05) is 13.2 Å². The average Bonchev–Trinajstić information content (AvgIpc) is 2.73. The summed E-state index contributed by atoms with van der Waals surface area (Å²) in [4.78, 5) is 2.54. The number of hydrogen-bond donors (Lipinski definition) is 3. The SMILES string of the molecule is [N-]=[N+]=N[C@@H]1[C@@H](O)[C@H](OCCOCc2ccccc2)C(O)[C@H]1O. The van der Waals surface area contributed by atoms with Gasteiger partial charge in [0, 0.05) is 4.91 Å². The third-order valence-corrected chi connectivity index (χ3v) is 3.56. The molecule has 8 heteroatoms. The first-order valence-electron chi connectivity index (χ1n) is 6.97. The van der Waals surface area contributed by atoms with Crippen molar-refractivity contribution in [1.82, 2.24) is 0 Å². The normalized spacial score (nSPS) is 31.0. The molecule has 0 saturated heterocycles. The second kappa shape index (κ2) is 8.09. The largest absolute Gasteiger partial charge is 0.390 e. The molecule has 120 valence electrons. The van der Waals surface area contributed by atoms with Crippen LogP contribution in [0.15, 0.2) is 35.4 Å². The van der Waals surface area contributed by atoms with E-state index in [0.29, 0.717) is 6.61 Å². The van der Waals surface area contributed by atoms with E-state index in [1.165, 1.54) is 0 Å². The zero-order valence-corrected chi connectivity index (χ0v) is 11.9. The van der Waals surface area contributed by atoms with Crippen LogP contribution in [0.3, 0.4) is 0 Å². The molecule has 22 heavy (non-hydrogen) atoms. The van der Waals surface area contributed by atoms with Crippen molar-refractivity contribution in [1.29, 1.82) is 0 Å². The summed E-state index contributed by atoms with van der Waals surface area (Å²) in [6, 6.07) is 8.50. The van der Waals surface area contributed by atoms with E-state index < -0.39 is 30.5 Å². The lowest BCUT2D eigenvalue weighted by atomic mass is 10.2. The third kappa shape index (κ3) is 3.95. The Morgan fingerprint density at radius 1 is 1.05 bits per heavy atom. The summed E-state index contributed by atoms with van der Waals surface area (Å²) < 4.78 is 10.8. The summed E-state index contributed by atoms with van der Waals surface area (Å²) in [6.07, 6.45) is -4.92. The molecule has 1 unspecified atom stereocenters. The molecular formula is C14H19N3O5. The smallest absolute Gasteiger partial charge is 0.112 e. The maximum absolute atomic E-state index is 9.90. The molecule has 1 fully saturated rings. The Bertz CT molecular complexity index is 508. The first-order valence-corrected chi connectivity index (χ1v) is 6.97. The maximum atomic E-state index is 9.90. The van der Waals surface area contributed by atoms with Crippen LogP contribution in [-0.2, 0) is 16.1 Å². The van der Waals surface area contributed by atoms with Gasteiger partial charge in [-0.1, -0.05) is 35.4 Å². The lowest BCUT2D eigenvalue weighted by molar-refractivity contribution is -0.0946. The summed E-state index contributed by atoms with van der Waals surface area (Å²) in [5.41, 5.74) is 9.41. The molecule has 0 radical (unpaired) electrons. The molecule has 1 aromatic rings. The van der Waals surface area contributed by atoms with Gasteiger partial charge in [-0.15, -0.1) is 0 Å². The van der Waals surface area contributed by atoms with Crippen LogP contribution < -0.4 is 0 Å². The van der Waals surface area contributed by atoms with Crippen LogP contribution in [0.4, 0.5) is 0 Å². The fourth-order valence-electron chi connectivity index (χ4n) is 2.40. The molecule has 1 aromatic carbocycles. The van der Waals surface area contributed by atoms with Gasteiger partial charge in [-0.2, -0.15) is 0 Å². The van der Waals surface area contributed by atoms with Gasteiger partial charge < -0.3 is 24.8 Å². The molecule has 1 aliphatic rings. The minimum atomic E-state index is -1.35. The Balaban J connectivity index is 1.73. The Hall–Kier alpha value is -1.67. The quantitative estimate of drug-likeness (QED) is 0.290. The summed E-state index contributed by atoms with van der Waals surface area (Å²) in [5.74, 6) is 0. The highest BCUT2D eigenvalue weighted by molar-refractivity contribution is 5.13. The predicted octanol–water partition coefficient (Wildman–Crippen LogP) is 0.364. The number of aliphatic hydroxyl groups excluding tert-OH is 3. The molecule has 2 rings (SSSR count). The van der Waals surface area contributed by atoms with E-state index in [2.05, 4.69) is 10.0 Å². The second-order valence-corrected chi connectivity index (χ2v) is 5.04. The van der Waals surface area contributed by atoms with Crippen molar-refractivity contribution in [2.45, 2.75) is 37.1 Å². The van der Waals surface area contributed by atoms with Crippen molar-refractivity contribution < 1.29 is 24.8 Å². The average molecular weight is 309 g/mol. The fourth-order valence-corrected chi connectivity index (χ4v) is 2.40. The Morgan fingerprint density at radius 3 is 2.45 bits per heavy atom. The van der Waals surface area contributed by atoms with E-state index in [1.807, 2.05) is 30.3 Å². The molecule has 0 aromatic heterocycles. The van der Waals surface area contributed by atoms with Gasteiger partial charge in [0.25, 0.3) is 0 Å². The number of aliphatic hydroxyl groups is 3. The summed E-state index contributed by atoms with van der Waals surface area (Å²) in [5, 5.41) is 32.7. The van der Waals surface area contributed by atoms with Crippen LogP contribution in [0.5, 0.6) is 0 Å². The number of rotatable bonds is 7. The highest BCUT2D eigenvalue weighted by atomic mass is 16.5. The van der Waals surface area contributed by atoms with E-state index in [4.69, 9.17) is 15.0 Å². The molecule has 0 heterocycles. The van der Waals surface area contributed by atoms with Crippen LogP contribution in [0, 0.1) is 0 Å².